The van der Waals surface area contributed by atoms with Crippen molar-refractivity contribution >= 4 is 15.7 Å². The number of hydrogen-bond donors (Lipinski definition) is 1. The summed E-state index contributed by atoms with van der Waals surface area (Å²) in [6.07, 6.45) is 4.19. The second kappa shape index (κ2) is 7.66. The van der Waals surface area contributed by atoms with Gasteiger partial charge in [0, 0.05) is 6.04 Å². The van der Waals surface area contributed by atoms with Crippen molar-refractivity contribution in [3.63, 3.8) is 0 Å². The number of amides is 1. The van der Waals surface area contributed by atoms with Crippen molar-refractivity contribution in [2.45, 2.75) is 49.8 Å². The zero-order chi connectivity index (χ0) is 17.7. The van der Waals surface area contributed by atoms with Crippen molar-refractivity contribution in [3.05, 3.63) is 54.0 Å². The Labute approximate surface area is 143 Å². The summed E-state index contributed by atoms with van der Waals surface area (Å²) < 4.78 is 29.2. The van der Waals surface area contributed by atoms with Crippen molar-refractivity contribution < 1.29 is 17.6 Å². The summed E-state index contributed by atoms with van der Waals surface area (Å²) in [5, 5.41) is 2.47. The Morgan fingerprint density at radius 3 is 2.29 bits per heavy atom. The maximum atomic E-state index is 12.1. The highest BCUT2D eigenvalue weighted by Crippen LogP contribution is 2.16. The predicted molar refractivity (Wildman–Crippen MR) is 92.5 cm³/mol. The summed E-state index contributed by atoms with van der Waals surface area (Å²) in [6.45, 7) is 5.24. The molecule has 0 unspecified atom stereocenters. The Hall–Kier alpha value is -2.08. The minimum atomic E-state index is -3.28. The number of rotatable bonds is 7. The third kappa shape index (κ3) is 4.71. The van der Waals surface area contributed by atoms with Crippen LogP contribution in [0.3, 0.4) is 0 Å². The van der Waals surface area contributed by atoms with E-state index < -0.39 is 15.1 Å². The quantitative estimate of drug-likeness (QED) is 0.834. The minimum Gasteiger partial charge on any atom is -0.472 e. The molecule has 0 aliphatic heterocycles. The van der Waals surface area contributed by atoms with Gasteiger partial charge in [0.1, 0.15) is 0 Å². The SMILES string of the molecule is CC(C)S(=O)(=O)c1ccc(CC(=O)N[C@H](C)Cc2ccoc2)cc1. The standard InChI is InChI=1S/C18H23NO4S/c1-13(2)24(21,22)17-6-4-15(5-7-17)11-18(20)19-14(3)10-16-8-9-23-12-16/h4-9,12-14H,10-11H2,1-3H3,(H,19,20)/t14-/m1/s1. The van der Waals surface area contributed by atoms with Crippen LogP contribution >= 0.6 is 0 Å². The zero-order valence-corrected chi connectivity index (χ0v) is 15.0. The molecule has 2 aromatic rings. The molecule has 1 aromatic carbocycles. The van der Waals surface area contributed by atoms with Crippen molar-refractivity contribution in [2.24, 2.45) is 0 Å². The van der Waals surface area contributed by atoms with Crippen LogP contribution in [0, 0.1) is 0 Å². The molecule has 130 valence electrons. The van der Waals surface area contributed by atoms with E-state index in [9.17, 15) is 13.2 Å². The van der Waals surface area contributed by atoms with E-state index in [0.717, 1.165) is 11.1 Å². The van der Waals surface area contributed by atoms with Gasteiger partial charge in [-0.25, -0.2) is 8.42 Å². The fourth-order valence-corrected chi connectivity index (χ4v) is 3.45. The van der Waals surface area contributed by atoms with Crippen LogP contribution in [0.1, 0.15) is 31.9 Å². The number of carbonyl (C=O) groups is 1. The average molecular weight is 349 g/mol. The highest BCUT2D eigenvalue weighted by molar-refractivity contribution is 7.92. The van der Waals surface area contributed by atoms with E-state index in [0.29, 0.717) is 6.42 Å². The van der Waals surface area contributed by atoms with Crippen LogP contribution in [0.15, 0.2) is 52.2 Å². The summed E-state index contributed by atoms with van der Waals surface area (Å²) in [6, 6.07) is 8.37. The fraction of sp³-hybridized carbons (Fsp3) is 0.389. The molecule has 6 heteroatoms. The molecule has 0 aliphatic rings. The van der Waals surface area contributed by atoms with Crippen LogP contribution < -0.4 is 5.32 Å². The normalized spacial score (nSPS) is 13.0. The Kier molecular flexibility index (Phi) is 5.83. The molecule has 1 amide bonds. The molecule has 0 fully saturated rings. The number of nitrogens with one attached hydrogen (secondary N) is 1. The maximum Gasteiger partial charge on any atom is 0.224 e. The average Bonchev–Trinajstić information content (AvgIpc) is 3.00. The van der Waals surface area contributed by atoms with Gasteiger partial charge < -0.3 is 9.73 Å². The van der Waals surface area contributed by atoms with Crippen LogP contribution in [0.5, 0.6) is 0 Å². The molecule has 1 N–H and O–H groups in total. The Morgan fingerprint density at radius 1 is 1.08 bits per heavy atom. The molecule has 0 saturated heterocycles. The molecule has 5 nitrogen and oxygen atoms in total. The van der Waals surface area contributed by atoms with E-state index in [2.05, 4.69) is 5.32 Å². The highest BCUT2D eigenvalue weighted by Gasteiger charge is 2.19. The fourth-order valence-electron chi connectivity index (χ4n) is 2.39. The minimum absolute atomic E-state index is 0.00399. The van der Waals surface area contributed by atoms with Crippen LogP contribution in [0.2, 0.25) is 0 Å². The molecule has 0 saturated carbocycles. The first-order valence-corrected chi connectivity index (χ1v) is 9.47. The van der Waals surface area contributed by atoms with Gasteiger partial charge in [-0.1, -0.05) is 12.1 Å². The number of hydrogen-bond acceptors (Lipinski definition) is 4. The second-order valence-corrected chi connectivity index (χ2v) is 8.72. The van der Waals surface area contributed by atoms with Crippen molar-refractivity contribution in [1.29, 1.82) is 0 Å². The highest BCUT2D eigenvalue weighted by atomic mass is 32.2. The monoisotopic (exact) mass is 349 g/mol. The van der Waals surface area contributed by atoms with E-state index in [1.807, 2.05) is 13.0 Å². The van der Waals surface area contributed by atoms with Gasteiger partial charge in [0.15, 0.2) is 9.84 Å². The summed E-state index contributed by atoms with van der Waals surface area (Å²) >= 11 is 0. The lowest BCUT2D eigenvalue weighted by molar-refractivity contribution is -0.121. The van der Waals surface area contributed by atoms with Crippen LogP contribution in [-0.2, 0) is 27.5 Å². The summed E-state index contributed by atoms with van der Waals surface area (Å²) in [4.78, 5) is 12.4. The number of sulfone groups is 1. The van der Waals surface area contributed by atoms with Crippen molar-refractivity contribution in [1.82, 2.24) is 5.32 Å². The Balaban J connectivity index is 1.92. The number of carbonyl (C=O) groups excluding carboxylic acids is 1. The maximum absolute atomic E-state index is 12.1. The lowest BCUT2D eigenvalue weighted by Crippen LogP contribution is -2.35. The molecule has 0 bridgehead atoms. The molecular formula is C18H23NO4S. The predicted octanol–water partition coefficient (Wildman–Crippen LogP) is 2.75. The molecule has 0 spiro atoms. The topological polar surface area (TPSA) is 76.4 Å². The van der Waals surface area contributed by atoms with Gasteiger partial charge in [0.25, 0.3) is 0 Å². The molecule has 1 atom stereocenters. The van der Waals surface area contributed by atoms with Gasteiger partial charge in [-0.05, 0) is 56.5 Å². The molecule has 2 rings (SSSR count). The molecule has 1 heterocycles. The summed E-state index contributed by atoms with van der Waals surface area (Å²) in [7, 11) is -3.28. The third-order valence-corrected chi connectivity index (χ3v) is 5.94. The van der Waals surface area contributed by atoms with Crippen molar-refractivity contribution in [2.75, 3.05) is 0 Å². The molecule has 0 aliphatic carbocycles. The van der Waals surface area contributed by atoms with E-state index in [4.69, 9.17) is 4.42 Å². The third-order valence-electron chi connectivity index (χ3n) is 3.77. The molecular weight excluding hydrogens is 326 g/mol. The lowest BCUT2D eigenvalue weighted by Gasteiger charge is -2.13. The number of benzene rings is 1. The first-order chi connectivity index (χ1) is 11.3. The van der Waals surface area contributed by atoms with Gasteiger partial charge in [-0.15, -0.1) is 0 Å². The summed E-state index contributed by atoms with van der Waals surface area (Å²) in [5.41, 5.74) is 1.82. The molecule has 0 radical (unpaired) electrons. The molecule has 1 aromatic heterocycles. The van der Waals surface area contributed by atoms with Gasteiger partial charge >= 0.3 is 0 Å². The Morgan fingerprint density at radius 2 is 1.75 bits per heavy atom. The van der Waals surface area contributed by atoms with E-state index in [1.165, 1.54) is 0 Å². The smallest absolute Gasteiger partial charge is 0.224 e. The summed E-state index contributed by atoms with van der Waals surface area (Å²) in [5.74, 6) is -0.0922. The Bertz CT molecular complexity index is 762. The van der Waals surface area contributed by atoms with E-state index in [-0.39, 0.29) is 23.3 Å². The first-order valence-electron chi connectivity index (χ1n) is 7.92. The largest absolute Gasteiger partial charge is 0.472 e. The number of furan rings is 1. The van der Waals surface area contributed by atoms with Gasteiger partial charge in [0.2, 0.25) is 5.91 Å². The first kappa shape index (κ1) is 18.3. The zero-order valence-electron chi connectivity index (χ0n) is 14.2. The van der Waals surface area contributed by atoms with Crippen molar-refractivity contribution in [3.8, 4) is 0 Å². The second-order valence-electron chi connectivity index (χ2n) is 6.22. The van der Waals surface area contributed by atoms with Gasteiger partial charge in [-0.2, -0.15) is 0 Å². The lowest BCUT2D eigenvalue weighted by atomic mass is 10.1. The van der Waals surface area contributed by atoms with E-state index >= 15 is 0 Å². The van der Waals surface area contributed by atoms with Crippen LogP contribution in [-0.4, -0.2) is 25.6 Å². The van der Waals surface area contributed by atoms with Gasteiger partial charge in [-0.3, -0.25) is 4.79 Å². The van der Waals surface area contributed by atoms with Crippen LogP contribution in [0.4, 0.5) is 0 Å². The molecule has 24 heavy (non-hydrogen) atoms. The van der Waals surface area contributed by atoms with Gasteiger partial charge in [0.05, 0.1) is 29.1 Å². The van der Waals surface area contributed by atoms with E-state index in [1.54, 1.807) is 50.6 Å². The van der Waals surface area contributed by atoms with Crippen LogP contribution in [0.25, 0.3) is 0 Å².